The van der Waals surface area contributed by atoms with Gasteiger partial charge in [0, 0.05) is 25.3 Å². The molecular formula is C14H20N4O2. The first-order valence-corrected chi connectivity index (χ1v) is 7.23. The van der Waals surface area contributed by atoms with Crippen molar-refractivity contribution < 1.29 is 9.53 Å². The lowest BCUT2D eigenvalue weighted by molar-refractivity contribution is 0.0853. The van der Waals surface area contributed by atoms with Gasteiger partial charge < -0.3 is 15.4 Å². The zero-order chi connectivity index (χ0) is 13.9. The average Bonchev–Trinajstić information content (AvgIpc) is 3.07. The van der Waals surface area contributed by atoms with Crippen molar-refractivity contribution in [3.05, 3.63) is 17.6 Å². The van der Waals surface area contributed by atoms with Crippen LogP contribution in [0.2, 0.25) is 0 Å². The Morgan fingerprint density at radius 3 is 2.95 bits per heavy atom. The fourth-order valence-corrected chi connectivity index (χ4v) is 2.30. The maximum Gasteiger partial charge on any atom is 0.270 e. The topological polar surface area (TPSA) is 76.1 Å². The fraction of sp³-hybridized carbons (Fsp3) is 0.643. The minimum absolute atomic E-state index is 0.144. The van der Waals surface area contributed by atoms with E-state index in [1.54, 1.807) is 13.0 Å². The lowest BCUT2D eigenvalue weighted by Gasteiger charge is -2.11. The number of anilines is 1. The summed E-state index contributed by atoms with van der Waals surface area (Å²) >= 11 is 0. The first kappa shape index (κ1) is 13.3. The minimum atomic E-state index is -0.162. The zero-order valence-corrected chi connectivity index (χ0v) is 11.7. The van der Waals surface area contributed by atoms with Gasteiger partial charge >= 0.3 is 0 Å². The Morgan fingerprint density at radius 1 is 1.40 bits per heavy atom. The van der Waals surface area contributed by atoms with Crippen molar-refractivity contribution in [3.8, 4) is 0 Å². The van der Waals surface area contributed by atoms with Gasteiger partial charge in [-0.15, -0.1) is 0 Å². The van der Waals surface area contributed by atoms with Gasteiger partial charge in [-0.05, 0) is 32.6 Å². The zero-order valence-electron chi connectivity index (χ0n) is 11.7. The van der Waals surface area contributed by atoms with E-state index in [1.807, 2.05) is 0 Å². The molecule has 1 aliphatic carbocycles. The number of hydrogen-bond donors (Lipinski definition) is 2. The van der Waals surface area contributed by atoms with Gasteiger partial charge in [0.1, 0.15) is 17.3 Å². The van der Waals surface area contributed by atoms with E-state index in [1.165, 1.54) is 12.8 Å². The van der Waals surface area contributed by atoms with Crippen molar-refractivity contribution in [3.63, 3.8) is 0 Å². The third-order valence-electron chi connectivity index (χ3n) is 3.51. The first-order chi connectivity index (χ1) is 9.70. The monoisotopic (exact) mass is 276 g/mol. The molecule has 1 aromatic rings. The molecule has 0 spiro atoms. The molecule has 2 heterocycles. The molecule has 0 radical (unpaired) electrons. The molecule has 108 valence electrons. The van der Waals surface area contributed by atoms with Crippen molar-refractivity contribution in [1.82, 2.24) is 15.3 Å². The molecular weight excluding hydrogens is 256 g/mol. The number of nitrogens with one attached hydrogen (secondary N) is 2. The van der Waals surface area contributed by atoms with E-state index >= 15 is 0 Å². The van der Waals surface area contributed by atoms with Crippen molar-refractivity contribution in [1.29, 1.82) is 0 Å². The molecule has 2 fully saturated rings. The van der Waals surface area contributed by atoms with E-state index in [-0.39, 0.29) is 12.0 Å². The number of ether oxygens (including phenoxy) is 1. The van der Waals surface area contributed by atoms with Gasteiger partial charge in [-0.3, -0.25) is 4.79 Å². The van der Waals surface area contributed by atoms with Crippen molar-refractivity contribution in [2.24, 2.45) is 0 Å². The average molecular weight is 276 g/mol. The predicted molar refractivity (Wildman–Crippen MR) is 74.7 cm³/mol. The molecule has 2 aliphatic rings. The van der Waals surface area contributed by atoms with Crippen LogP contribution in [0.15, 0.2) is 6.07 Å². The van der Waals surface area contributed by atoms with Crippen LogP contribution in [0.4, 0.5) is 5.82 Å². The Bertz CT molecular complexity index is 496. The second-order valence-electron chi connectivity index (χ2n) is 5.45. The number of aromatic nitrogens is 2. The molecule has 1 aliphatic heterocycles. The smallest absolute Gasteiger partial charge is 0.270 e. The van der Waals surface area contributed by atoms with Crippen LogP contribution in [0, 0.1) is 6.92 Å². The highest BCUT2D eigenvalue weighted by Crippen LogP contribution is 2.23. The maximum absolute atomic E-state index is 12.1. The summed E-state index contributed by atoms with van der Waals surface area (Å²) in [5.41, 5.74) is 0.415. The van der Waals surface area contributed by atoms with Crippen LogP contribution in [0.5, 0.6) is 0 Å². The van der Waals surface area contributed by atoms with Gasteiger partial charge in [0.25, 0.3) is 5.91 Å². The van der Waals surface area contributed by atoms with Gasteiger partial charge in [0.15, 0.2) is 0 Å². The van der Waals surface area contributed by atoms with Crippen LogP contribution in [-0.4, -0.2) is 41.2 Å². The summed E-state index contributed by atoms with van der Waals surface area (Å²) in [5.74, 6) is 1.19. The highest BCUT2D eigenvalue weighted by Gasteiger charge is 2.22. The standard InChI is InChI=1S/C14H20N4O2/c1-9-16-12(7-13(17-9)18-10-4-5-10)14(19)15-8-11-3-2-6-20-11/h7,10-11H,2-6,8H2,1H3,(H,15,19)(H,16,17,18). The molecule has 1 unspecified atom stereocenters. The van der Waals surface area contributed by atoms with Crippen LogP contribution in [0.1, 0.15) is 42.0 Å². The molecule has 1 saturated carbocycles. The van der Waals surface area contributed by atoms with Crippen molar-refractivity contribution >= 4 is 11.7 Å². The van der Waals surface area contributed by atoms with E-state index in [0.29, 0.717) is 24.1 Å². The SMILES string of the molecule is Cc1nc(NC2CC2)cc(C(=O)NCC2CCCO2)n1. The highest BCUT2D eigenvalue weighted by atomic mass is 16.5. The lowest BCUT2D eigenvalue weighted by Crippen LogP contribution is -2.32. The van der Waals surface area contributed by atoms with Gasteiger partial charge in [-0.2, -0.15) is 0 Å². The van der Waals surface area contributed by atoms with Crippen LogP contribution in [0.25, 0.3) is 0 Å². The fourth-order valence-electron chi connectivity index (χ4n) is 2.30. The summed E-state index contributed by atoms with van der Waals surface area (Å²) in [4.78, 5) is 20.6. The Balaban J connectivity index is 1.61. The van der Waals surface area contributed by atoms with Crippen LogP contribution >= 0.6 is 0 Å². The minimum Gasteiger partial charge on any atom is -0.376 e. The Kier molecular flexibility index (Phi) is 3.82. The summed E-state index contributed by atoms with van der Waals surface area (Å²) < 4.78 is 5.49. The van der Waals surface area contributed by atoms with Crippen LogP contribution in [0.3, 0.4) is 0 Å². The number of nitrogens with zero attached hydrogens (tertiary/aromatic N) is 2. The molecule has 1 atom stereocenters. The van der Waals surface area contributed by atoms with E-state index in [4.69, 9.17) is 4.74 Å². The summed E-state index contributed by atoms with van der Waals surface area (Å²) in [7, 11) is 0. The third-order valence-corrected chi connectivity index (χ3v) is 3.51. The molecule has 6 heteroatoms. The van der Waals surface area contributed by atoms with E-state index in [2.05, 4.69) is 20.6 Å². The number of carbonyl (C=O) groups excluding carboxylic acids is 1. The van der Waals surface area contributed by atoms with Gasteiger partial charge in [-0.1, -0.05) is 0 Å². The largest absolute Gasteiger partial charge is 0.376 e. The summed E-state index contributed by atoms with van der Waals surface area (Å²) in [5, 5.41) is 6.18. The molecule has 0 aromatic carbocycles. The quantitative estimate of drug-likeness (QED) is 0.847. The molecule has 2 N–H and O–H groups in total. The number of aryl methyl sites for hydroxylation is 1. The van der Waals surface area contributed by atoms with E-state index < -0.39 is 0 Å². The summed E-state index contributed by atoms with van der Waals surface area (Å²) in [6.07, 6.45) is 4.57. The number of rotatable bonds is 5. The molecule has 6 nitrogen and oxygen atoms in total. The third kappa shape index (κ3) is 3.45. The summed E-state index contributed by atoms with van der Waals surface area (Å²) in [6.45, 7) is 3.14. The lowest BCUT2D eigenvalue weighted by atomic mass is 10.2. The second-order valence-corrected chi connectivity index (χ2v) is 5.45. The molecule has 3 rings (SSSR count). The normalized spacial score (nSPS) is 21.8. The van der Waals surface area contributed by atoms with E-state index in [9.17, 15) is 4.79 Å². The maximum atomic E-state index is 12.1. The van der Waals surface area contributed by atoms with Gasteiger partial charge in [0.2, 0.25) is 0 Å². The first-order valence-electron chi connectivity index (χ1n) is 7.23. The molecule has 1 aromatic heterocycles. The number of hydrogen-bond acceptors (Lipinski definition) is 5. The number of carbonyl (C=O) groups is 1. The Morgan fingerprint density at radius 2 is 2.25 bits per heavy atom. The van der Waals surface area contributed by atoms with Gasteiger partial charge in [0.05, 0.1) is 6.10 Å². The Hall–Kier alpha value is -1.69. The van der Waals surface area contributed by atoms with Gasteiger partial charge in [-0.25, -0.2) is 9.97 Å². The number of amides is 1. The molecule has 20 heavy (non-hydrogen) atoms. The highest BCUT2D eigenvalue weighted by molar-refractivity contribution is 5.92. The second kappa shape index (κ2) is 5.75. The van der Waals surface area contributed by atoms with Crippen LogP contribution < -0.4 is 10.6 Å². The van der Waals surface area contributed by atoms with E-state index in [0.717, 1.165) is 25.3 Å². The predicted octanol–water partition coefficient (Wildman–Crippen LogP) is 1.27. The Labute approximate surface area is 118 Å². The molecule has 0 bridgehead atoms. The summed E-state index contributed by atoms with van der Waals surface area (Å²) in [6, 6.07) is 2.22. The molecule has 1 saturated heterocycles. The van der Waals surface area contributed by atoms with Crippen molar-refractivity contribution in [2.75, 3.05) is 18.5 Å². The van der Waals surface area contributed by atoms with Crippen molar-refractivity contribution in [2.45, 2.75) is 44.8 Å². The van der Waals surface area contributed by atoms with Crippen LogP contribution in [-0.2, 0) is 4.74 Å². The molecule has 1 amide bonds.